The van der Waals surface area contributed by atoms with E-state index in [2.05, 4.69) is 31.1 Å². The predicted molar refractivity (Wildman–Crippen MR) is 82.7 cm³/mol. The maximum atomic E-state index is 12.3. The van der Waals surface area contributed by atoms with Crippen molar-refractivity contribution >= 4 is 5.97 Å². The first kappa shape index (κ1) is 17.4. The van der Waals surface area contributed by atoms with Gasteiger partial charge in [-0.2, -0.15) is 0 Å². The van der Waals surface area contributed by atoms with E-state index in [0.717, 1.165) is 38.8 Å². The second-order valence-electron chi connectivity index (χ2n) is 6.48. The lowest BCUT2D eigenvalue weighted by Crippen LogP contribution is -2.54. The Labute approximate surface area is 124 Å². The first-order chi connectivity index (χ1) is 9.46. The highest BCUT2D eigenvalue weighted by atomic mass is 16.5. The summed E-state index contributed by atoms with van der Waals surface area (Å²) in [6.45, 7) is 8.97. The molecule has 0 heterocycles. The Morgan fingerprint density at radius 1 is 1.50 bits per heavy atom. The van der Waals surface area contributed by atoms with Crippen molar-refractivity contribution in [2.45, 2.75) is 52.0 Å². The Hall–Kier alpha value is -0.610. The SMILES string of the molecule is CCOC(=O)C1(NC)CCCC1CCN(C)CC(C)C. The summed E-state index contributed by atoms with van der Waals surface area (Å²) in [7, 11) is 4.06. The van der Waals surface area contributed by atoms with Crippen molar-refractivity contribution in [1.29, 1.82) is 0 Å². The van der Waals surface area contributed by atoms with Gasteiger partial charge in [0.2, 0.25) is 0 Å². The fourth-order valence-corrected chi connectivity index (χ4v) is 3.52. The molecule has 0 aromatic carbocycles. The average Bonchev–Trinajstić information content (AvgIpc) is 2.80. The zero-order valence-electron chi connectivity index (χ0n) is 13.9. The number of ether oxygens (including phenoxy) is 1. The van der Waals surface area contributed by atoms with E-state index < -0.39 is 5.54 Å². The molecule has 0 amide bonds. The van der Waals surface area contributed by atoms with Crippen LogP contribution in [0.15, 0.2) is 0 Å². The maximum absolute atomic E-state index is 12.3. The molecular formula is C16H32N2O2. The van der Waals surface area contributed by atoms with Crippen molar-refractivity contribution in [2.75, 3.05) is 33.8 Å². The summed E-state index contributed by atoms with van der Waals surface area (Å²) in [6.07, 6.45) is 4.19. The third kappa shape index (κ3) is 4.19. The van der Waals surface area contributed by atoms with Crippen molar-refractivity contribution in [1.82, 2.24) is 10.2 Å². The van der Waals surface area contributed by atoms with Crippen LogP contribution in [-0.2, 0) is 9.53 Å². The molecule has 1 N–H and O–H groups in total. The summed E-state index contributed by atoms with van der Waals surface area (Å²) in [4.78, 5) is 14.7. The lowest BCUT2D eigenvalue weighted by Gasteiger charge is -2.34. The van der Waals surface area contributed by atoms with Crippen LogP contribution < -0.4 is 5.32 Å². The topological polar surface area (TPSA) is 41.6 Å². The second-order valence-corrected chi connectivity index (χ2v) is 6.48. The zero-order valence-corrected chi connectivity index (χ0v) is 13.9. The van der Waals surface area contributed by atoms with Crippen molar-refractivity contribution < 1.29 is 9.53 Å². The van der Waals surface area contributed by atoms with Gasteiger partial charge in [-0.25, -0.2) is 0 Å². The van der Waals surface area contributed by atoms with Crippen molar-refractivity contribution in [3.8, 4) is 0 Å². The summed E-state index contributed by atoms with van der Waals surface area (Å²) >= 11 is 0. The van der Waals surface area contributed by atoms with Crippen molar-refractivity contribution in [3.05, 3.63) is 0 Å². The van der Waals surface area contributed by atoms with Crippen LogP contribution in [-0.4, -0.2) is 50.2 Å². The van der Waals surface area contributed by atoms with Crippen molar-refractivity contribution in [2.24, 2.45) is 11.8 Å². The zero-order chi connectivity index (χ0) is 15.2. The number of rotatable bonds is 8. The predicted octanol–water partition coefficient (Wildman–Crippen LogP) is 2.29. The molecule has 0 spiro atoms. The molecule has 1 rings (SSSR count). The lowest BCUT2D eigenvalue weighted by atomic mass is 9.84. The van der Waals surface area contributed by atoms with Gasteiger partial charge in [0.25, 0.3) is 0 Å². The van der Waals surface area contributed by atoms with E-state index in [0.29, 0.717) is 18.4 Å². The van der Waals surface area contributed by atoms with E-state index in [4.69, 9.17) is 4.74 Å². The van der Waals surface area contributed by atoms with Gasteiger partial charge in [0.1, 0.15) is 5.54 Å². The molecule has 4 nitrogen and oxygen atoms in total. The molecule has 4 heteroatoms. The monoisotopic (exact) mass is 284 g/mol. The molecule has 1 fully saturated rings. The third-order valence-corrected chi connectivity index (χ3v) is 4.44. The molecule has 0 radical (unpaired) electrons. The molecule has 118 valence electrons. The molecule has 0 bridgehead atoms. The number of carbonyl (C=O) groups excluding carboxylic acids is 1. The number of esters is 1. The van der Waals surface area contributed by atoms with E-state index in [1.165, 1.54) is 0 Å². The van der Waals surface area contributed by atoms with Gasteiger partial charge >= 0.3 is 5.97 Å². The fourth-order valence-electron chi connectivity index (χ4n) is 3.52. The summed E-state index contributed by atoms with van der Waals surface area (Å²) in [5.41, 5.74) is -0.450. The Kier molecular flexibility index (Phi) is 6.96. The number of hydrogen-bond acceptors (Lipinski definition) is 4. The maximum Gasteiger partial charge on any atom is 0.326 e. The number of hydrogen-bond donors (Lipinski definition) is 1. The molecule has 0 aromatic rings. The molecule has 0 saturated heterocycles. The highest BCUT2D eigenvalue weighted by Gasteiger charge is 2.48. The van der Waals surface area contributed by atoms with Gasteiger partial charge in [-0.3, -0.25) is 4.79 Å². The van der Waals surface area contributed by atoms with Gasteiger partial charge in [0.15, 0.2) is 0 Å². The van der Waals surface area contributed by atoms with Crippen LogP contribution >= 0.6 is 0 Å². The summed E-state index contributed by atoms with van der Waals surface area (Å²) in [5.74, 6) is 1.01. The van der Waals surface area contributed by atoms with Gasteiger partial charge in [0.05, 0.1) is 6.61 Å². The highest BCUT2D eigenvalue weighted by Crippen LogP contribution is 2.38. The van der Waals surface area contributed by atoms with Gasteiger partial charge in [0, 0.05) is 6.54 Å². The Morgan fingerprint density at radius 2 is 2.20 bits per heavy atom. The molecular weight excluding hydrogens is 252 g/mol. The van der Waals surface area contributed by atoms with E-state index in [9.17, 15) is 4.79 Å². The van der Waals surface area contributed by atoms with Crippen LogP contribution in [0.2, 0.25) is 0 Å². The Morgan fingerprint density at radius 3 is 2.75 bits per heavy atom. The minimum Gasteiger partial charge on any atom is -0.465 e. The van der Waals surface area contributed by atoms with Gasteiger partial charge < -0.3 is 15.0 Å². The average molecular weight is 284 g/mol. The normalized spacial score (nSPS) is 26.4. The first-order valence-electron chi connectivity index (χ1n) is 8.01. The van der Waals surface area contributed by atoms with Gasteiger partial charge in [-0.15, -0.1) is 0 Å². The number of nitrogens with zero attached hydrogens (tertiary/aromatic N) is 1. The third-order valence-electron chi connectivity index (χ3n) is 4.44. The second kappa shape index (κ2) is 7.99. The minimum absolute atomic E-state index is 0.0588. The Bertz CT molecular complexity index is 307. The first-order valence-corrected chi connectivity index (χ1v) is 8.01. The molecule has 2 unspecified atom stereocenters. The number of likely N-dealkylation sites (N-methyl/N-ethyl adjacent to an activating group) is 1. The molecule has 1 aliphatic rings. The summed E-state index contributed by atoms with van der Waals surface area (Å²) in [6, 6.07) is 0. The van der Waals surface area contributed by atoms with Crippen LogP contribution in [0.5, 0.6) is 0 Å². The smallest absolute Gasteiger partial charge is 0.326 e. The molecule has 0 aliphatic heterocycles. The quantitative estimate of drug-likeness (QED) is 0.694. The molecule has 20 heavy (non-hydrogen) atoms. The van der Waals surface area contributed by atoms with Crippen molar-refractivity contribution in [3.63, 3.8) is 0 Å². The van der Waals surface area contributed by atoms with Crippen LogP contribution in [0.4, 0.5) is 0 Å². The Balaban J connectivity index is 2.60. The van der Waals surface area contributed by atoms with Gasteiger partial charge in [-0.1, -0.05) is 20.3 Å². The lowest BCUT2D eigenvalue weighted by molar-refractivity contribution is -0.153. The van der Waals surface area contributed by atoms with E-state index in [1.54, 1.807) is 0 Å². The molecule has 1 aliphatic carbocycles. The molecule has 1 saturated carbocycles. The fraction of sp³-hybridized carbons (Fsp3) is 0.938. The summed E-state index contributed by atoms with van der Waals surface area (Å²) < 4.78 is 5.31. The van der Waals surface area contributed by atoms with Crippen LogP contribution in [0.1, 0.15) is 46.5 Å². The number of carbonyl (C=O) groups is 1. The highest BCUT2D eigenvalue weighted by molar-refractivity contribution is 5.81. The van der Waals surface area contributed by atoms with Crippen LogP contribution in [0.25, 0.3) is 0 Å². The van der Waals surface area contributed by atoms with Gasteiger partial charge in [-0.05, 0) is 58.7 Å². The number of nitrogens with one attached hydrogen (secondary N) is 1. The summed E-state index contributed by atoms with van der Waals surface area (Å²) in [5, 5.41) is 3.28. The minimum atomic E-state index is -0.450. The molecule has 0 aromatic heterocycles. The van der Waals surface area contributed by atoms with E-state index in [1.807, 2.05) is 14.0 Å². The largest absolute Gasteiger partial charge is 0.465 e. The standard InChI is InChI=1S/C16H32N2O2/c1-6-20-15(19)16(17-4)10-7-8-14(16)9-11-18(5)12-13(2)3/h13-14,17H,6-12H2,1-5H3. The van der Waals surface area contributed by atoms with Crippen LogP contribution in [0, 0.1) is 11.8 Å². The van der Waals surface area contributed by atoms with E-state index >= 15 is 0 Å². The van der Waals surface area contributed by atoms with Crippen LogP contribution in [0.3, 0.4) is 0 Å². The van der Waals surface area contributed by atoms with E-state index in [-0.39, 0.29) is 5.97 Å². The molecule has 2 atom stereocenters.